The molecule has 98 valence electrons. The summed E-state index contributed by atoms with van der Waals surface area (Å²) in [5.41, 5.74) is 1.48. The van der Waals surface area contributed by atoms with E-state index in [-0.39, 0.29) is 12.0 Å². The van der Waals surface area contributed by atoms with Gasteiger partial charge in [0.25, 0.3) is 5.91 Å². The van der Waals surface area contributed by atoms with Crippen molar-refractivity contribution in [1.82, 2.24) is 9.88 Å². The van der Waals surface area contributed by atoms with Gasteiger partial charge in [0.15, 0.2) is 0 Å². The number of aliphatic hydroxyl groups is 1. The van der Waals surface area contributed by atoms with Crippen LogP contribution >= 0.6 is 0 Å². The largest absolute Gasteiger partial charge is 0.393 e. The van der Waals surface area contributed by atoms with Gasteiger partial charge in [-0.1, -0.05) is 0 Å². The van der Waals surface area contributed by atoms with Gasteiger partial charge in [0.1, 0.15) is 5.82 Å². The van der Waals surface area contributed by atoms with E-state index in [1.165, 1.54) is 0 Å². The fraction of sp³-hybridized carbons (Fsp3) is 0.538. The molecular weight excluding hydrogens is 230 g/mol. The number of nitrogens with zero attached hydrogens (tertiary/aromatic N) is 2. The summed E-state index contributed by atoms with van der Waals surface area (Å²) in [4.78, 5) is 18.4. The summed E-state index contributed by atoms with van der Waals surface area (Å²) in [6.45, 7) is 3.12. The maximum absolute atomic E-state index is 12.3. The molecule has 5 nitrogen and oxygen atoms in total. The average Bonchev–Trinajstić information content (AvgIpc) is 2.38. The second-order valence-electron chi connectivity index (χ2n) is 4.66. The topological polar surface area (TPSA) is 65.5 Å². The van der Waals surface area contributed by atoms with Crippen LogP contribution in [0.3, 0.4) is 0 Å². The van der Waals surface area contributed by atoms with Crippen LogP contribution in [0.25, 0.3) is 0 Å². The van der Waals surface area contributed by atoms with E-state index in [0.29, 0.717) is 37.3 Å². The molecule has 1 aliphatic heterocycles. The maximum Gasteiger partial charge on any atom is 0.254 e. The Hall–Kier alpha value is -1.62. The first-order valence-corrected chi connectivity index (χ1v) is 6.24. The molecule has 0 radical (unpaired) electrons. The number of aromatic nitrogens is 1. The van der Waals surface area contributed by atoms with Crippen LogP contribution in [0.4, 0.5) is 5.82 Å². The van der Waals surface area contributed by atoms with Crippen LogP contribution in [-0.4, -0.2) is 47.1 Å². The second-order valence-corrected chi connectivity index (χ2v) is 4.66. The number of hydrogen-bond acceptors (Lipinski definition) is 4. The molecule has 2 rings (SSSR count). The van der Waals surface area contributed by atoms with Crippen LogP contribution in [0.2, 0.25) is 0 Å². The van der Waals surface area contributed by atoms with Crippen molar-refractivity contribution in [2.75, 3.05) is 25.5 Å². The molecule has 0 aromatic carbocycles. The second kappa shape index (κ2) is 5.35. The monoisotopic (exact) mass is 249 g/mol. The number of likely N-dealkylation sites (tertiary alicyclic amines) is 1. The van der Waals surface area contributed by atoms with Crippen molar-refractivity contribution in [3.63, 3.8) is 0 Å². The first kappa shape index (κ1) is 12.8. The molecule has 0 unspecified atom stereocenters. The highest BCUT2D eigenvalue weighted by Crippen LogP contribution is 2.16. The number of piperidine rings is 1. The predicted octanol–water partition coefficient (Wildman–Crippen LogP) is 1.03. The van der Waals surface area contributed by atoms with Gasteiger partial charge in [0.2, 0.25) is 0 Å². The van der Waals surface area contributed by atoms with Crippen LogP contribution in [0.15, 0.2) is 12.1 Å². The third-order valence-corrected chi connectivity index (χ3v) is 3.21. The highest BCUT2D eigenvalue weighted by atomic mass is 16.3. The number of anilines is 1. The number of carbonyl (C=O) groups excluding carboxylic acids is 1. The summed E-state index contributed by atoms with van der Waals surface area (Å²) < 4.78 is 0. The van der Waals surface area contributed by atoms with Gasteiger partial charge < -0.3 is 15.3 Å². The van der Waals surface area contributed by atoms with E-state index in [2.05, 4.69) is 10.3 Å². The number of carbonyl (C=O) groups is 1. The molecule has 1 fully saturated rings. The quantitative estimate of drug-likeness (QED) is 0.821. The normalized spacial score (nSPS) is 16.7. The van der Waals surface area contributed by atoms with Crippen LogP contribution in [0.5, 0.6) is 0 Å². The van der Waals surface area contributed by atoms with E-state index in [1.807, 2.05) is 6.92 Å². The van der Waals surface area contributed by atoms with E-state index >= 15 is 0 Å². The lowest BCUT2D eigenvalue weighted by Crippen LogP contribution is -2.40. The standard InChI is InChI=1S/C13H19N3O2/c1-9-7-10(8-12(14-2)15-9)13(18)16-5-3-11(17)4-6-16/h7-8,11,17H,3-6H2,1-2H3,(H,14,15). The molecule has 0 aliphatic carbocycles. The zero-order chi connectivity index (χ0) is 13.1. The molecule has 1 saturated heterocycles. The van der Waals surface area contributed by atoms with Gasteiger partial charge in [-0.25, -0.2) is 4.98 Å². The molecule has 1 aromatic rings. The van der Waals surface area contributed by atoms with Gasteiger partial charge in [-0.15, -0.1) is 0 Å². The number of pyridine rings is 1. The number of aryl methyl sites for hydroxylation is 1. The lowest BCUT2D eigenvalue weighted by molar-refractivity contribution is 0.0546. The highest BCUT2D eigenvalue weighted by molar-refractivity contribution is 5.95. The van der Waals surface area contributed by atoms with Crippen molar-refractivity contribution < 1.29 is 9.90 Å². The van der Waals surface area contributed by atoms with Crippen molar-refractivity contribution in [2.45, 2.75) is 25.9 Å². The SMILES string of the molecule is CNc1cc(C(=O)N2CCC(O)CC2)cc(C)n1. The Labute approximate surface area is 107 Å². The fourth-order valence-corrected chi connectivity index (χ4v) is 2.17. The third kappa shape index (κ3) is 2.79. The minimum Gasteiger partial charge on any atom is -0.393 e. The Balaban J connectivity index is 2.15. The van der Waals surface area contributed by atoms with Gasteiger partial charge >= 0.3 is 0 Å². The van der Waals surface area contributed by atoms with Crippen LogP contribution in [0.1, 0.15) is 28.9 Å². The van der Waals surface area contributed by atoms with Crippen molar-refractivity contribution in [3.05, 3.63) is 23.4 Å². The zero-order valence-corrected chi connectivity index (χ0v) is 10.8. The summed E-state index contributed by atoms with van der Waals surface area (Å²) in [6.07, 6.45) is 1.06. The number of rotatable bonds is 2. The Morgan fingerprint density at radius 2 is 2.11 bits per heavy atom. The maximum atomic E-state index is 12.3. The average molecular weight is 249 g/mol. The molecular formula is C13H19N3O2. The smallest absolute Gasteiger partial charge is 0.254 e. The molecule has 0 saturated carbocycles. The number of amides is 1. The molecule has 0 bridgehead atoms. The Bertz CT molecular complexity index is 440. The van der Waals surface area contributed by atoms with E-state index in [9.17, 15) is 9.90 Å². The predicted molar refractivity (Wildman–Crippen MR) is 69.7 cm³/mol. The molecule has 0 atom stereocenters. The Kier molecular flexibility index (Phi) is 3.81. The van der Waals surface area contributed by atoms with Crippen molar-refractivity contribution in [1.29, 1.82) is 0 Å². The minimum absolute atomic E-state index is 0.0175. The highest BCUT2D eigenvalue weighted by Gasteiger charge is 2.22. The zero-order valence-electron chi connectivity index (χ0n) is 10.8. The number of aliphatic hydroxyl groups excluding tert-OH is 1. The van der Waals surface area contributed by atoms with E-state index in [0.717, 1.165) is 5.69 Å². The molecule has 1 aliphatic rings. The Morgan fingerprint density at radius 1 is 1.44 bits per heavy atom. The molecule has 0 spiro atoms. The van der Waals surface area contributed by atoms with E-state index in [4.69, 9.17) is 0 Å². The summed E-state index contributed by atoms with van der Waals surface area (Å²) in [5, 5.41) is 12.4. The van der Waals surface area contributed by atoms with Gasteiger partial charge in [-0.2, -0.15) is 0 Å². The van der Waals surface area contributed by atoms with Gasteiger partial charge in [-0.05, 0) is 31.9 Å². The summed E-state index contributed by atoms with van der Waals surface area (Å²) >= 11 is 0. The van der Waals surface area contributed by atoms with Gasteiger partial charge in [0.05, 0.1) is 6.10 Å². The minimum atomic E-state index is -0.263. The van der Waals surface area contributed by atoms with Crippen molar-refractivity contribution >= 4 is 11.7 Å². The summed E-state index contributed by atoms with van der Waals surface area (Å²) in [6, 6.07) is 3.56. The van der Waals surface area contributed by atoms with Gasteiger partial charge in [-0.3, -0.25) is 4.79 Å². The molecule has 2 N–H and O–H groups in total. The molecule has 5 heteroatoms. The van der Waals surface area contributed by atoms with Crippen molar-refractivity contribution in [2.24, 2.45) is 0 Å². The van der Waals surface area contributed by atoms with E-state index in [1.54, 1.807) is 24.1 Å². The number of hydrogen-bond donors (Lipinski definition) is 2. The Morgan fingerprint density at radius 3 is 2.72 bits per heavy atom. The first-order chi connectivity index (χ1) is 8.60. The van der Waals surface area contributed by atoms with Crippen molar-refractivity contribution in [3.8, 4) is 0 Å². The van der Waals surface area contributed by atoms with E-state index < -0.39 is 0 Å². The molecule has 1 aromatic heterocycles. The van der Waals surface area contributed by atoms with Crippen LogP contribution in [0, 0.1) is 6.92 Å². The summed E-state index contributed by atoms with van der Waals surface area (Å²) in [5.74, 6) is 0.722. The molecule has 2 heterocycles. The van der Waals surface area contributed by atoms with Crippen LogP contribution in [-0.2, 0) is 0 Å². The lowest BCUT2D eigenvalue weighted by Gasteiger charge is -2.29. The molecule has 18 heavy (non-hydrogen) atoms. The molecule has 1 amide bonds. The third-order valence-electron chi connectivity index (χ3n) is 3.21. The fourth-order valence-electron chi connectivity index (χ4n) is 2.17. The number of nitrogens with one attached hydrogen (secondary N) is 1. The summed E-state index contributed by atoms with van der Waals surface area (Å²) in [7, 11) is 1.79. The first-order valence-electron chi connectivity index (χ1n) is 6.24. The van der Waals surface area contributed by atoms with Gasteiger partial charge in [0, 0.05) is 31.4 Å². The lowest BCUT2D eigenvalue weighted by atomic mass is 10.1. The van der Waals surface area contributed by atoms with Crippen LogP contribution < -0.4 is 5.32 Å².